The number of ether oxygens (including phenoxy) is 4. The molecule has 0 heterocycles. The van der Waals surface area contributed by atoms with Crippen molar-refractivity contribution in [2.45, 2.75) is 239 Å². The van der Waals surface area contributed by atoms with E-state index in [1.807, 2.05) is 0 Å². The first-order chi connectivity index (χ1) is 27.9. The third-order valence-corrected chi connectivity index (χ3v) is 10.7. The zero-order valence-corrected chi connectivity index (χ0v) is 38.2. The largest absolute Gasteiger partial charge is 0.466 e. The van der Waals surface area contributed by atoms with Crippen LogP contribution in [0.4, 0.5) is 0 Å². The molecule has 0 fully saturated rings. The van der Waals surface area contributed by atoms with Crippen LogP contribution in [0.2, 0.25) is 0 Å². The number of amides is 1. The molecule has 0 saturated heterocycles. The van der Waals surface area contributed by atoms with Crippen molar-refractivity contribution in [3.63, 3.8) is 0 Å². The number of carbonyl (C=O) groups excluding carboxylic acids is 3. The van der Waals surface area contributed by atoms with Gasteiger partial charge in [-0.2, -0.15) is 0 Å². The molecule has 0 aliphatic carbocycles. The van der Waals surface area contributed by atoms with E-state index in [1.54, 1.807) is 6.92 Å². The molecule has 0 spiro atoms. The van der Waals surface area contributed by atoms with Gasteiger partial charge in [-0.25, -0.2) is 0 Å². The van der Waals surface area contributed by atoms with Gasteiger partial charge in [0.1, 0.15) is 0 Å². The molecule has 57 heavy (non-hydrogen) atoms. The van der Waals surface area contributed by atoms with Gasteiger partial charge < -0.3 is 29.2 Å². The van der Waals surface area contributed by atoms with Gasteiger partial charge in [-0.3, -0.25) is 14.4 Å². The van der Waals surface area contributed by atoms with Gasteiger partial charge in [0.25, 0.3) is 0 Å². The highest BCUT2D eigenvalue weighted by Gasteiger charge is 2.14. The van der Waals surface area contributed by atoms with Gasteiger partial charge in [-0.15, -0.1) is 0 Å². The number of nitrogens with one attached hydrogen (secondary N) is 1. The molecular weight excluding hydrogens is 717 g/mol. The second-order valence-electron chi connectivity index (χ2n) is 16.4. The van der Waals surface area contributed by atoms with Gasteiger partial charge in [-0.05, 0) is 71.0 Å². The maximum atomic E-state index is 12.6. The van der Waals surface area contributed by atoms with Crippen LogP contribution in [-0.2, 0) is 33.3 Å². The fourth-order valence-electron chi connectivity index (χ4n) is 7.05. The summed E-state index contributed by atoms with van der Waals surface area (Å²) in [5.74, 6) is -0.172. The minimum Gasteiger partial charge on any atom is -0.466 e. The molecule has 0 aromatic carbocycles. The van der Waals surface area contributed by atoms with Crippen LogP contribution in [0, 0.1) is 0 Å². The average Bonchev–Trinajstić information content (AvgIpc) is 3.20. The molecule has 9 nitrogen and oxygen atoms in total. The number of nitrogens with zero attached hydrogens (tertiary/aromatic N) is 1. The third kappa shape index (κ3) is 43.7. The molecule has 0 radical (unpaired) electrons. The van der Waals surface area contributed by atoms with Crippen molar-refractivity contribution >= 4 is 17.8 Å². The molecule has 0 aliphatic heterocycles. The zero-order valence-electron chi connectivity index (χ0n) is 38.2. The Morgan fingerprint density at radius 2 is 0.807 bits per heavy atom. The summed E-state index contributed by atoms with van der Waals surface area (Å²) >= 11 is 0. The highest BCUT2D eigenvalue weighted by Crippen LogP contribution is 2.14. The standard InChI is InChI=1S/C48H94N2O7/c1-5-8-11-14-17-24-29-41-54-46(52)34-26-19-18-20-27-38-50(40-33-37-49-45(4)51)39-28-21-25-30-42-55-47(53)35-36-48(56-43-31-22-15-12-9-6-2)57-44-32-23-16-13-10-7-3/h48H,5-44H2,1-4H3,(H,49,51). The van der Waals surface area contributed by atoms with Gasteiger partial charge in [0.2, 0.25) is 5.91 Å². The number of hydrogen-bond acceptors (Lipinski definition) is 8. The Balaban J connectivity index is 4.23. The van der Waals surface area contributed by atoms with Crippen LogP contribution in [0.15, 0.2) is 0 Å². The highest BCUT2D eigenvalue weighted by atomic mass is 16.7. The van der Waals surface area contributed by atoms with Crippen LogP contribution < -0.4 is 5.32 Å². The first kappa shape index (κ1) is 55.3. The first-order valence-electron chi connectivity index (χ1n) is 24.4. The number of esters is 2. The van der Waals surface area contributed by atoms with E-state index in [9.17, 15) is 14.4 Å². The fraction of sp³-hybridized carbons (Fsp3) is 0.938. The Labute approximate surface area is 352 Å². The maximum absolute atomic E-state index is 12.6. The van der Waals surface area contributed by atoms with Crippen molar-refractivity contribution in [2.24, 2.45) is 0 Å². The predicted octanol–water partition coefficient (Wildman–Crippen LogP) is 12.4. The molecule has 0 aliphatic rings. The molecule has 0 bridgehead atoms. The van der Waals surface area contributed by atoms with E-state index in [0.717, 1.165) is 110 Å². The second-order valence-corrected chi connectivity index (χ2v) is 16.4. The Kier molecular flexibility index (Phi) is 44.0. The summed E-state index contributed by atoms with van der Waals surface area (Å²) in [6.07, 6.45) is 34.9. The van der Waals surface area contributed by atoms with Crippen molar-refractivity contribution in [1.82, 2.24) is 10.2 Å². The third-order valence-electron chi connectivity index (χ3n) is 10.7. The van der Waals surface area contributed by atoms with Crippen LogP contribution in [0.1, 0.15) is 233 Å². The summed E-state index contributed by atoms with van der Waals surface area (Å²) < 4.78 is 23.2. The van der Waals surface area contributed by atoms with Crippen molar-refractivity contribution in [3.8, 4) is 0 Å². The van der Waals surface area contributed by atoms with E-state index in [-0.39, 0.29) is 24.1 Å². The van der Waals surface area contributed by atoms with Gasteiger partial charge in [0, 0.05) is 39.5 Å². The summed E-state index contributed by atoms with van der Waals surface area (Å²) in [7, 11) is 0. The van der Waals surface area contributed by atoms with E-state index >= 15 is 0 Å². The highest BCUT2D eigenvalue weighted by molar-refractivity contribution is 5.72. The Hall–Kier alpha value is -1.71. The average molecular weight is 811 g/mol. The van der Waals surface area contributed by atoms with E-state index < -0.39 is 0 Å². The summed E-state index contributed by atoms with van der Waals surface area (Å²) in [6, 6.07) is 0. The van der Waals surface area contributed by atoms with Crippen molar-refractivity contribution in [3.05, 3.63) is 0 Å². The summed E-state index contributed by atoms with van der Waals surface area (Å²) in [4.78, 5) is 38.5. The first-order valence-corrected chi connectivity index (χ1v) is 24.4. The molecule has 0 rings (SSSR count). The van der Waals surface area contributed by atoms with Crippen molar-refractivity contribution in [2.75, 3.05) is 52.6 Å². The van der Waals surface area contributed by atoms with Crippen LogP contribution >= 0.6 is 0 Å². The van der Waals surface area contributed by atoms with E-state index in [1.165, 1.54) is 96.3 Å². The molecule has 9 heteroatoms. The lowest BCUT2D eigenvalue weighted by atomic mass is 10.1. The quantitative estimate of drug-likeness (QED) is 0.0368. The molecular formula is C48H94N2O7. The maximum Gasteiger partial charge on any atom is 0.305 e. The minimum absolute atomic E-state index is 0.0254. The lowest BCUT2D eigenvalue weighted by Crippen LogP contribution is -2.30. The van der Waals surface area contributed by atoms with Crippen LogP contribution in [0.5, 0.6) is 0 Å². The summed E-state index contributed by atoms with van der Waals surface area (Å²) in [6.45, 7) is 14.5. The van der Waals surface area contributed by atoms with Crippen LogP contribution in [-0.4, -0.2) is 81.6 Å². The summed E-state index contributed by atoms with van der Waals surface area (Å²) in [5.41, 5.74) is 0. The monoisotopic (exact) mass is 811 g/mol. The van der Waals surface area contributed by atoms with Crippen LogP contribution in [0.3, 0.4) is 0 Å². The summed E-state index contributed by atoms with van der Waals surface area (Å²) in [5, 5.41) is 2.92. The number of rotatable bonds is 46. The predicted molar refractivity (Wildman–Crippen MR) is 237 cm³/mol. The molecule has 1 N–H and O–H groups in total. The molecule has 0 aromatic heterocycles. The van der Waals surface area contributed by atoms with E-state index in [4.69, 9.17) is 18.9 Å². The molecule has 0 atom stereocenters. The van der Waals surface area contributed by atoms with Gasteiger partial charge in [0.05, 0.1) is 19.6 Å². The topological polar surface area (TPSA) is 103 Å². The van der Waals surface area contributed by atoms with Crippen molar-refractivity contribution in [1.29, 1.82) is 0 Å². The van der Waals surface area contributed by atoms with Gasteiger partial charge in [-0.1, -0.05) is 156 Å². The van der Waals surface area contributed by atoms with Crippen LogP contribution in [0.25, 0.3) is 0 Å². The van der Waals surface area contributed by atoms with E-state index in [2.05, 4.69) is 31.0 Å². The lowest BCUT2D eigenvalue weighted by Gasteiger charge is -2.22. The molecule has 1 amide bonds. The normalized spacial score (nSPS) is 11.5. The molecule has 0 saturated carbocycles. The number of unbranched alkanes of at least 4 members (excludes halogenated alkanes) is 23. The van der Waals surface area contributed by atoms with Crippen molar-refractivity contribution < 1.29 is 33.3 Å². The minimum atomic E-state index is -0.329. The molecule has 338 valence electrons. The smallest absolute Gasteiger partial charge is 0.305 e. The molecule has 0 unspecified atom stereocenters. The van der Waals surface area contributed by atoms with Gasteiger partial charge >= 0.3 is 11.9 Å². The number of carbonyl (C=O) groups is 3. The lowest BCUT2D eigenvalue weighted by molar-refractivity contribution is -0.159. The zero-order chi connectivity index (χ0) is 41.7. The Morgan fingerprint density at radius 1 is 0.439 bits per heavy atom. The van der Waals surface area contributed by atoms with E-state index in [0.29, 0.717) is 52.2 Å². The Bertz CT molecular complexity index is 856. The molecule has 0 aromatic rings. The fourth-order valence-corrected chi connectivity index (χ4v) is 7.05. The Morgan fingerprint density at radius 3 is 1.26 bits per heavy atom. The van der Waals surface area contributed by atoms with Gasteiger partial charge in [0.15, 0.2) is 6.29 Å². The SMILES string of the molecule is CCCCCCCCCOC(=O)CCCCCCCN(CCCCCCOC(=O)CCC(OCCCCCCCC)OCCCCCCCC)CCCNC(C)=O. The second kappa shape index (κ2) is 45.4. The number of hydrogen-bond donors (Lipinski definition) is 1.